The number of benzene rings is 2. The van der Waals surface area contributed by atoms with Crippen LogP contribution in [0.2, 0.25) is 0 Å². The second-order valence-corrected chi connectivity index (χ2v) is 12.1. The Kier molecular flexibility index (Phi) is 10.9. The summed E-state index contributed by atoms with van der Waals surface area (Å²) in [5.74, 6) is -4.08. The smallest absolute Gasteiger partial charge is 0.352 e. The van der Waals surface area contributed by atoms with Gasteiger partial charge in [0.05, 0.1) is 17.8 Å². The van der Waals surface area contributed by atoms with Gasteiger partial charge < -0.3 is 16.0 Å². The molecule has 260 valence electrons. The van der Waals surface area contributed by atoms with Gasteiger partial charge in [0, 0.05) is 24.7 Å². The lowest BCUT2D eigenvalue weighted by atomic mass is 9.97. The summed E-state index contributed by atoms with van der Waals surface area (Å²) in [5.41, 5.74) is 0.700. The molecule has 2 aromatic heterocycles. The van der Waals surface area contributed by atoms with Crippen molar-refractivity contribution in [2.24, 2.45) is 0 Å². The molecule has 9 nitrogen and oxygen atoms in total. The van der Waals surface area contributed by atoms with Crippen LogP contribution in [0, 0.1) is 18.6 Å². The van der Waals surface area contributed by atoms with Gasteiger partial charge >= 0.3 is 6.18 Å². The highest BCUT2D eigenvalue weighted by Crippen LogP contribution is 2.35. The zero-order chi connectivity index (χ0) is 35.3. The summed E-state index contributed by atoms with van der Waals surface area (Å²) < 4.78 is 68.6. The van der Waals surface area contributed by atoms with Gasteiger partial charge in [-0.15, -0.1) is 0 Å². The Hall–Kier alpha value is -4.88. The van der Waals surface area contributed by atoms with Gasteiger partial charge in [0.1, 0.15) is 17.2 Å². The Bertz CT molecular complexity index is 1870. The normalized spacial score (nSPS) is 14.1. The lowest BCUT2D eigenvalue weighted by Crippen LogP contribution is -2.31. The van der Waals surface area contributed by atoms with E-state index < -0.39 is 53.4 Å². The fourth-order valence-corrected chi connectivity index (χ4v) is 6.10. The lowest BCUT2D eigenvalue weighted by molar-refractivity contribution is -0.140. The molecule has 14 heteroatoms. The number of unbranched alkanes of at least 4 members (excludes halogenated alkanes) is 5. The van der Waals surface area contributed by atoms with E-state index in [0.29, 0.717) is 37.1 Å². The molecular weight excluding hydrogens is 647 g/mol. The third kappa shape index (κ3) is 8.06. The van der Waals surface area contributed by atoms with Gasteiger partial charge in [0.15, 0.2) is 11.5 Å². The molecule has 0 unspecified atom stereocenters. The average molecular weight is 685 g/mol. The molecule has 1 atom stereocenters. The zero-order valence-electron chi connectivity index (χ0n) is 27.1. The van der Waals surface area contributed by atoms with Crippen LogP contribution in [0.4, 0.5) is 22.0 Å². The molecule has 5 rings (SSSR count). The predicted octanol–water partition coefficient (Wildman–Crippen LogP) is 6.77. The minimum absolute atomic E-state index is 0.0368. The maximum absolute atomic E-state index is 14.6. The van der Waals surface area contributed by atoms with Gasteiger partial charge in [-0.05, 0) is 66.6 Å². The molecule has 2 aromatic carbocycles. The van der Waals surface area contributed by atoms with Gasteiger partial charge in [-0.2, -0.15) is 18.3 Å². The molecule has 2 heterocycles. The number of carbonyl (C=O) groups is 3. The van der Waals surface area contributed by atoms with Gasteiger partial charge in [-0.25, -0.2) is 18.3 Å². The summed E-state index contributed by atoms with van der Waals surface area (Å²) in [4.78, 5) is 43.5. The number of alkyl halides is 3. The van der Waals surface area contributed by atoms with Gasteiger partial charge in [0.25, 0.3) is 17.7 Å². The molecule has 0 fully saturated rings. The first-order valence-corrected chi connectivity index (χ1v) is 16.3. The quantitative estimate of drug-likeness (QED) is 0.106. The number of nitrogens with one attached hydrogen (secondary N) is 3. The summed E-state index contributed by atoms with van der Waals surface area (Å²) in [6.07, 6.45) is 3.78. The highest BCUT2D eigenvalue weighted by molar-refractivity contribution is 5.99. The van der Waals surface area contributed by atoms with Crippen LogP contribution < -0.4 is 16.0 Å². The molecule has 0 radical (unpaired) electrons. The Morgan fingerprint density at radius 1 is 0.918 bits per heavy atom. The second kappa shape index (κ2) is 15.1. The molecule has 3 amide bonds. The minimum atomic E-state index is -4.93. The van der Waals surface area contributed by atoms with Crippen molar-refractivity contribution in [2.45, 2.75) is 84.0 Å². The highest BCUT2D eigenvalue weighted by atomic mass is 19.4. The summed E-state index contributed by atoms with van der Waals surface area (Å²) in [7, 11) is 0. The number of hydrogen-bond acceptors (Lipinski definition) is 5. The molecule has 0 saturated heterocycles. The van der Waals surface area contributed by atoms with E-state index >= 15 is 0 Å². The first-order valence-electron chi connectivity index (χ1n) is 16.3. The predicted molar refractivity (Wildman–Crippen MR) is 171 cm³/mol. The Morgan fingerprint density at radius 2 is 1.67 bits per heavy atom. The van der Waals surface area contributed by atoms with Crippen LogP contribution in [0.25, 0.3) is 5.65 Å². The van der Waals surface area contributed by atoms with E-state index in [9.17, 15) is 36.3 Å². The maximum Gasteiger partial charge on any atom is 0.419 e. The minimum Gasteiger partial charge on any atom is -0.352 e. The zero-order valence-corrected chi connectivity index (χ0v) is 27.1. The molecule has 0 saturated carbocycles. The van der Waals surface area contributed by atoms with Crippen molar-refractivity contribution in [1.82, 2.24) is 30.5 Å². The van der Waals surface area contributed by atoms with Gasteiger partial charge in [-0.1, -0.05) is 51.2 Å². The van der Waals surface area contributed by atoms with Crippen molar-refractivity contribution < 1.29 is 36.3 Å². The van der Waals surface area contributed by atoms with Crippen LogP contribution in [0.5, 0.6) is 0 Å². The number of nitrogens with zero attached hydrogens (tertiary/aromatic N) is 3. The van der Waals surface area contributed by atoms with E-state index in [0.717, 1.165) is 58.8 Å². The summed E-state index contributed by atoms with van der Waals surface area (Å²) in [6.45, 7) is 4.22. The van der Waals surface area contributed by atoms with Gasteiger partial charge in [0.2, 0.25) is 0 Å². The van der Waals surface area contributed by atoms with Crippen LogP contribution in [-0.2, 0) is 19.1 Å². The van der Waals surface area contributed by atoms with Crippen molar-refractivity contribution in [3.63, 3.8) is 0 Å². The molecular formula is C35H37F5N6O3. The van der Waals surface area contributed by atoms with E-state index in [1.807, 2.05) is 13.0 Å². The van der Waals surface area contributed by atoms with Crippen LogP contribution in [-0.4, -0.2) is 38.9 Å². The van der Waals surface area contributed by atoms with Gasteiger partial charge in [-0.3, -0.25) is 14.4 Å². The molecule has 49 heavy (non-hydrogen) atoms. The van der Waals surface area contributed by atoms with Crippen LogP contribution >= 0.6 is 0 Å². The topological polar surface area (TPSA) is 117 Å². The number of amides is 3. The Morgan fingerprint density at radius 3 is 2.43 bits per heavy atom. The largest absolute Gasteiger partial charge is 0.419 e. The first kappa shape index (κ1) is 35.4. The molecule has 1 aliphatic rings. The number of hydrogen-bond donors (Lipinski definition) is 3. The number of rotatable bonds is 13. The van der Waals surface area contributed by atoms with Crippen molar-refractivity contribution in [1.29, 1.82) is 0 Å². The number of fused-ring (bicyclic) bond motifs is 2. The summed E-state index contributed by atoms with van der Waals surface area (Å²) in [6, 6.07) is 6.53. The summed E-state index contributed by atoms with van der Waals surface area (Å²) in [5, 5.41) is 12.2. The van der Waals surface area contributed by atoms with Crippen LogP contribution in [0.3, 0.4) is 0 Å². The average Bonchev–Trinajstić information content (AvgIpc) is 3.66. The highest BCUT2D eigenvalue weighted by Gasteiger charge is 2.34. The molecule has 4 aromatic rings. The summed E-state index contributed by atoms with van der Waals surface area (Å²) >= 11 is 0. The van der Waals surface area contributed by atoms with E-state index in [1.54, 1.807) is 6.07 Å². The van der Waals surface area contributed by atoms with Crippen LogP contribution in [0.1, 0.15) is 117 Å². The Labute approximate surface area is 279 Å². The number of carbonyl (C=O) groups excluding carboxylic acids is 3. The number of halogens is 5. The standard InChI is InChI=1S/C35H37F5N6O3/c1-3-4-5-6-7-8-15-41-32(47)23-10-11-24-22(20(23)2)12-14-28(24)45-34(49)30-17-29(44-31-27(37)19-43-46(30)31)33(48)42-18-21-9-13-26(36)25(16-21)35(38,39)40/h9-11,13,16-17,19,28H,3-8,12,14-15,18H2,1-2H3,(H,41,47)(H,42,48)(H,45,49)/t28-/m0/s1. The lowest BCUT2D eigenvalue weighted by Gasteiger charge is -2.17. The van der Waals surface area contributed by atoms with E-state index in [2.05, 4.69) is 33.0 Å². The Balaban J connectivity index is 1.28. The van der Waals surface area contributed by atoms with E-state index in [4.69, 9.17) is 0 Å². The SMILES string of the molecule is CCCCCCCCNC(=O)c1ccc2c(c1C)CC[C@@H]2NC(=O)c1cc(C(=O)NCc2ccc(F)c(C(F)(F)F)c2)nc2c(F)cnn12. The van der Waals surface area contributed by atoms with Crippen molar-refractivity contribution in [2.75, 3.05) is 6.54 Å². The molecule has 0 bridgehead atoms. The molecule has 1 aliphatic carbocycles. The van der Waals surface area contributed by atoms with E-state index in [1.165, 1.54) is 19.3 Å². The van der Waals surface area contributed by atoms with Crippen molar-refractivity contribution >= 4 is 23.4 Å². The monoisotopic (exact) mass is 684 g/mol. The van der Waals surface area contributed by atoms with Crippen molar-refractivity contribution in [3.05, 3.63) is 99.0 Å². The fourth-order valence-electron chi connectivity index (χ4n) is 6.10. The third-order valence-corrected chi connectivity index (χ3v) is 8.74. The molecule has 0 spiro atoms. The second-order valence-electron chi connectivity index (χ2n) is 12.1. The molecule has 3 N–H and O–H groups in total. The fraction of sp³-hybridized carbons (Fsp3) is 0.400. The first-order chi connectivity index (χ1) is 23.4. The van der Waals surface area contributed by atoms with E-state index in [-0.39, 0.29) is 22.9 Å². The third-order valence-electron chi connectivity index (χ3n) is 8.74. The van der Waals surface area contributed by atoms with Crippen molar-refractivity contribution in [3.8, 4) is 0 Å². The molecule has 0 aliphatic heterocycles. The maximum atomic E-state index is 14.6. The van der Waals surface area contributed by atoms with Crippen LogP contribution in [0.15, 0.2) is 42.6 Å². The number of aromatic nitrogens is 3.